The van der Waals surface area contributed by atoms with E-state index in [1.54, 1.807) is 0 Å². The molecule has 0 spiro atoms. The van der Waals surface area contributed by atoms with Crippen LogP contribution in [-0.4, -0.2) is 18.1 Å². The summed E-state index contributed by atoms with van der Waals surface area (Å²) in [5.74, 6) is -0.716. The highest BCUT2D eigenvalue weighted by atomic mass is 19.3. The predicted octanol–water partition coefficient (Wildman–Crippen LogP) is 2.11. The van der Waals surface area contributed by atoms with E-state index in [9.17, 15) is 13.6 Å². The van der Waals surface area contributed by atoms with Crippen molar-refractivity contribution in [3.05, 3.63) is 29.1 Å². The van der Waals surface area contributed by atoms with Crippen molar-refractivity contribution < 1.29 is 18.3 Å². The standard InChI is InChI=1S/C9H9F2NO2/c1-5-3-4-6(9(13)14-2)12-7(5)8(10)11/h3-4,8H,1-2H3. The fraction of sp³-hybridized carbons (Fsp3) is 0.333. The Morgan fingerprint density at radius 2 is 2.14 bits per heavy atom. The van der Waals surface area contributed by atoms with Crippen LogP contribution in [0.4, 0.5) is 8.78 Å². The van der Waals surface area contributed by atoms with Gasteiger partial charge in [0.1, 0.15) is 11.4 Å². The Hall–Kier alpha value is -1.52. The SMILES string of the molecule is COC(=O)c1ccc(C)c(C(F)F)n1. The Labute approximate surface area is 79.7 Å². The van der Waals surface area contributed by atoms with Crippen molar-refractivity contribution in [3.8, 4) is 0 Å². The number of carbonyl (C=O) groups excluding carboxylic acids is 1. The van der Waals surface area contributed by atoms with Crippen LogP contribution >= 0.6 is 0 Å². The molecule has 0 aliphatic heterocycles. The van der Waals surface area contributed by atoms with Gasteiger partial charge in [-0.1, -0.05) is 6.07 Å². The topological polar surface area (TPSA) is 39.2 Å². The molecular weight excluding hydrogens is 192 g/mol. The summed E-state index contributed by atoms with van der Waals surface area (Å²) >= 11 is 0. The van der Waals surface area contributed by atoms with Crippen molar-refractivity contribution in [2.45, 2.75) is 13.3 Å². The van der Waals surface area contributed by atoms with E-state index in [2.05, 4.69) is 9.72 Å². The largest absolute Gasteiger partial charge is 0.464 e. The summed E-state index contributed by atoms with van der Waals surface area (Å²) in [7, 11) is 1.17. The maximum Gasteiger partial charge on any atom is 0.356 e. The molecule has 3 nitrogen and oxygen atoms in total. The summed E-state index contributed by atoms with van der Waals surface area (Å²) in [6.07, 6.45) is -2.68. The molecule has 1 aromatic rings. The van der Waals surface area contributed by atoms with Gasteiger partial charge in [0.15, 0.2) is 0 Å². The number of hydrogen-bond acceptors (Lipinski definition) is 3. The molecule has 0 aliphatic carbocycles. The summed E-state index contributed by atoms with van der Waals surface area (Å²) in [5.41, 5.74) is -0.131. The molecule has 0 saturated heterocycles. The molecule has 5 heteroatoms. The van der Waals surface area contributed by atoms with Crippen LogP contribution in [0.1, 0.15) is 28.2 Å². The van der Waals surface area contributed by atoms with Gasteiger partial charge in [-0.25, -0.2) is 18.6 Å². The first kappa shape index (κ1) is 10.6. The Balaban J connectivity index is 3.13. The van der Waals surface area contributed by atoms with E-state index >= 15 is 0 Å². The van der Waals surface area contributed by atoms with Crippen molar-refractivity contribution in [1.29, 1.82) is 0 Å². The summed E-state index contributed by atoms with van der Waals surface area (Å²) < 4.78 is 29.1. The van der Waals surface area contributed by atoms with Crippen LogP contribution < -0.4 is 0 Å². The summed E-state index contributed by atoms with van der Waals surface area (Å²) in [4.78, 5) is 14.5. The van der Waals surface area contributed by atoms with E-state index in [4.69, 9.17) is 0 Å². The molecule has 0 fully saturated rings. The van der Waals surface area contributed by atoms with Crippen LogP contribution in [0.3, 0.4) is 0 Å². The van der Waals surface area contributed by atoms with Crippen molar-refractivity contribution in [1.82, 2.24) is 4.98 Å². The molecular formula is C9H9F2NO2. The minimum absolute atomic E-state index is 0.103. The number of ether oxygens (including phenoxy) is 1. The van der Waals surface area contributed by atoms with Crippen LogP contribution in [0.2, 0.25) is 0 Å². The number of halogens is 2. The Morgan fingerprint density at radius 1 is 1.50 bits per heavy atom. The van der Waals surface area contributed by atoms with Gasteiger partial charge in [0.05, 0.1) is 7.11 Å². The van der Waals surface area contributed by atoms with Gasteiger partial charge in [-0.05, 0) is 18.6 Å². The van der Waals surface area contributed by atoms with Gasteiger partial charge in [-0.3, -0.25) is 0 Å². The van der Waals surface area contributed by atoms with Gasteiger partial charge in [0.2, 0.25) is 0 Å². The number of nitrogens with zero attached hydrogens (tertiary/aromatic N) is 1. The fourth-order valence-electron chi connectivity index (χ4n) is 0.984. The molecule has 14 heavy (non-hydrogen) atoms. The number of pyridine rings is 1. The van der Waals surface area contributed by atoms with Crippen LogP contribution in [0.15, 0.2) is 12.1 Å². The van der Waals surface area contributed by atoms with Crippen LogP contribution in [0, 0.1) is 6.92 Å². The van der Waals surface area contributed by atoms with E-state index in [1.807, 2.05) is 0 Å². The first-order valence-corrected chi connectivity index (χ1v) is 3.90. The number of rotatable bonds is 2. The fourth-order valence-corrected chi connectivity index (χ4v) is 0.984. The highest BCUT2D eigenvalue weighted by Crippen LogP contribution is 2.20. The summed E-state index contributed by atoms with van der Waals surface area (Å²) in [6, 6.07) is 2.77. The first-order valence-electron chi connectivity index (χ1n) is 3.90. The average molecular weight is 201 g/mol. The van der Waals surface area contributed by atoms with Gasteiger partial charge in [-0.15, -0.1) is 0 Å². The molecule has 0 N–H and O–H groups in total. The molecule has 0 aromatic carbocycles. The molecule has 1 heterocycles. The maximum atomic E-state index is 12.4. The average Bonchev–Trinajstić information content (AvgIpc) is 2.17. The summed E-state index contributed by atoms with van der Waals surface area (Å²) in [5, 5.41) is 0. The number of aromatic nitrogens is 1. The number of methoxy groups -OCH3 is 1. The van der Waals surface area contributed by atoms with Gasteiger partial charge in [0.25, 0.3) is 6.43 Å². The molecule has 0 radical (unpaired) electrons. The lowest BCUT2D eigenvalue weighted by atomic mass is 10.2. The number of aryl methyl sites for hydroxylation is 1. The molecule has 0 atom stereocenters. The molecule has 0 saturated carbocycles. The lowest BCUT2D eigenvalue weighted by Gasteiger charge is -2.05. The molecule has 76 valence electrons. The number of esters is 1. The zero-order chi connectivity index (χ0) is 10.7. The minimum atomic E-state index is -2.68. The van der Waals surface area contributed by atoms with E-state index in [0.29, 0.717) is 5.56 Å². The lowest BCUT2D eigenvalue weighted by Crippen LogP contribution is -2.07. The van der Waals surface area contributed by atoms with Gasteiger partial charge >= 0.3 is 5.97 Å². The second-order valence-corrected chi connectivity index (χ2v) is 2.69. The molecule has 0 amide bonds. The Kier molecular flexibility index (Phi) is 3.11. The van der Waals surface area contributed by atoms with Crippen LogP contribution in [0.25, 0.3) is 0 Å². The quantitative estimate of drug-likeness (QED) is 0.688. The molecule has 0 bridgehead atoms. The third kappa shape index (κ3) is 2.04. The number of hydrogen-bond donors (Lipinski definition) is 0. The lowest BCUT2D eigenvalue weighted by molar-refractivity contribution is 0.0592. The maximum absolute atomic E-state index is 12.4. The molecule has 1 aromatic heterocycles. The smallest absolute Gasteiger partial charge is 0.356 e. The molecule has 0 unspecified atom stereocenters. The second kappa shape index (κ2) is 4.13. The Morgan fingerprint density at radius 3 is 2.64 bits per heavy atom. The van der Waals surface area contributed by atoms with Crippen LogP contribution in [0.5, 0.6) is 0 Å². The number of carbonyl (C=O) groups is 1. The van der Waals surface area contributed by atoms with E-state index in [1.165, 1.54) is 26.2 Å². The summed E-state index contributed by atoms with van der Waals surface area (Å²) in [6.45, 7) is 1.51. The van der Waals surface area contributed by atoms with Crippen molar-refractivity contribution in [2.24, 2.45) is 0 Å². The van der Waals surface area contributed by atoms with E-state index < -0.39 is 12.4 Å². The normalized spacial score (nSPS) is 10.4. The third-order valence-electron chi connectivity index (χ3n) is 1.74. The second-order valence-electron chi connectivity index (χ2n) is 2.69. The van der Waals surface area contributed by atoms with Gasteiger partial charge in [0, 0.05) is 0 Å². The highest BCUT2D eigenvalue weighted by Gasteiger charge is 2.16. The highest BCUT2D eigenvalue weighted by molar-refractivity contribution is 5.87. The monoisotopic (exact) mass is 201 g/mol. The van der Waals surface area contributed by atoms with Gasteiger partial charge in [-0.2, -0.15) is 0 Å². The third-order valence-corrected chi connectivity index (χ3v) is 1.74. The molecule has 0 aliphatic rings. The van der Waals surface area contributed by atoms with E-state index in [0.717, 1.165) is 0 Å². The van der Waals surface area contributed by atoms with Crippen molar-refractivity contribution >= 4 is 5.97 Å². The predicted molar refractivity (Wildman–Crippen MR) is 45.3 cm³/mol. The number of alkyl halides is 2. The zero-order valence-corrected chi connectivity index (χ0v) is 7.75. The zero-order valence-electron chi connectivity index (χ0n) is 7.75. The first-order chi connectivity index (χ1) is 6.56. The van der Waals surface area contributed by atoms with E-state index in [-0.39, 0.29) is 11.4 Å². The van der Waals surface area contributed by atoms with Crippen molar-refractivity contribution in [2.75, 3.05) is 7.11 Å². The Bertz CT molecular complexity index is 353. The van der Waals surface area contributed by atoms with Crippen LogP contribution in [-0.2, 0) is 4.74 Å². The molecule has 1 rings (SSSR count). The minimum Gasteiger partial charge on any atom is -0.464 e. The van der Waals surface area contributed by atoms with Crippen molar-refractivity contribution in [3.63, 3.8) is 0 Å². The van der Waals surface area contributed by atoms with Gasteiger partial charge < -0.3 is 4.74 Å².